The molecule has 0 saturated carbocycles. The number of carbonyl (C=O) groups is 1. The van der Waals surface area contributed by atoms with E-state index in [1.165, 1.54) is 0 Å². The minimum Gasteiger partial charge on any atom is -0.381 e. The zero-order valence-electron chi connectivity index (χ0n) is 13.5. The topological polar surface area (TPSA) is 60.2 Å². The molecule has 3 rings (SSSR count). The number of halogens is 1. The summed E-state index contributed by atoms with van der Waals surface area (Å²) in [6, 6.07) is 0. The summed E-state index contributed by atoms with van der Waals surface area (Å²) in [7, 11) is 0. The fourth-order valence-electron chi connectivity index (χ4n) is 2.80. The highest BCUT2D eigenvalue weighted by molar-refractivity contribution is 6.31. The number of fused-ring (bicyclic) bond motifs is 3. The van der Waals surface area contributed by atoms with Gasteiger partial charge in [-0.05, 0) is 18.9 Å². The minimum absolute atomic E-state index is 0.113. The fraction of sp³-hybridized carbons (Fsp3) is 0.562. The predicted octanol–water partition coefficient (Wildman–Crippen LogP) is 2.55. The molecular formula is C16H21ClN4O2. The first-order valence-corrected chi connectivity index (χ1v) is 8.35. The molecular weight excluding hydrogens is 316 g/mol. The van der Waals surface area contributed by atoms with Crippen LogP contribution in [0.4, 0.5) is 0 Å². The highest BCUT2D eigenvalue weighted by atomic mass is 35.5. The van der Waals surface area contributed by atoms with Crippen LogP contribution in [0.15, 0.2) is 6.20 Å². The number of pyridine rings is 1. The molecule has 2 aromatic heterocycles. The number of imidazole rings is 1. The quantitative estimate of drug-likeness (QED) is 0.787. The maximum absolute atomic E-state index is 12.3. The first-order chi connectivity index (χ1) is 11.1. The van der Waals surface area contributed by atoms with Crippen LogP contribution in [-0.4, -0.2) is 45.1 Å². The van der Waals surface area contributed by atoms with Crippen LogP contribution < -0.4 is 0 Å². The Morgan fingerprint density at radius 3 is 3.00 bits per heavy atom. The van der Waals surface area contributed by atoms with E-state index < -0.39 is 0 Å². The van der Waals surface area contributed by atoms with Crippen molar-refractivity contribution in [3.05, 3.63) is 22.6 Å². The van der Waals surface area contributed by atoms with Crippen molar-refractivity contribution in [1.29, 1.82) is 0 Å². The van der Waals surface area contributed by atoms with Crippen molar-refractivity contribution >= 4 is 28.7 Å². The number of ether oxygens (including phenoxy) is 1. The van der Waals surface area contributed by atoms with Crippen LogP contribution in [0.2, 0.25) is 5.02 Å². The van der Waals surface area contributed by atoms with Gasteiger partial charge in [-0.1, -0.05) is 18.5 Å². The Labute approximate surface area is 140 Å². The molecule has 124 valence electrons. The minimum atomic E-state index is 0.113. The van der Waals surface area contributed by atoms with E-state index in [-0.39, 0.29) is 5.91 Å². The Morgan fingerprint density at radius 2 is 2.22 bits per heavy atom. The van der Waals surface area contributed by atoms with E-state index in [4.69, 9.17) is 16.3 Å². The molecule has 0 radical (unpaired) electrons. The largest absolute Gasteiger partial charge is 0.381 e. The number of hydrogen-bond acceptors (Lipinski definition) is 4. The molecule has 1 amide bonds. The molecule has 7 heteroatoms. The number of aryl methyl sites for hydroxylation is 1. The van der Waals surface area contributed by atoms with Gasteiger partial charge < -0.3 is 14.2 Å². The summed E-state index contributed by atoms with van der Waals surface area (Å²) in [6.45, 7) is 7.08. The standard InChI is InChI=1S/C16H21ClN4O2/c1-3-7-23-8-4-14(22)20-5-6-21-13(10-20)19-15-11(2)12(17)9-18-16(15)21/h9H,3-8,10H2,1-2H3. The van der Waals surface area contributed by atoms with Crippen molar-refractivity contribution in [1.82, 2.24) is 19.4 Å². The monoisotopic (exact) mass is 336 g/mol. The van der Waals surface area contributed by atoms with E-state index in [0.717, 1.165) is 29.0 Å². The third-order valence-corrected chi connectivity index (χ3v) is 4.50. The number of amides is 1. The lowest BCUT2D eigenvalue weighted by Gasteiger charge is -2.27. The molecule has 0 bridgehead atoms. The molecule has 0 saturated heterocycles. The molecule has 2 aromatic rings. The maximum Gasteiger partial charge on any atom is 0.225 e. The van der Waals surface area contributed by atoms with E-state index in [1.807, 2.05) is 11.8 Å². The lowest BCUT2D eigenvalue weighted by molar-refractivity contribution is -0.133. The Kier molecular flexibility index (Phi) is 4.82. The third-order valence-electron chi connectivity index (χ3n) is 4.12. The second-order valence-corrected chi connectivity index (χ2v) is 6.17. The first-order valence-electron chi connectivity index (χ1n) is 7.97. The van der Waals surface area contributed by atoms with Gasteiger partial charge in [-0.25, -0.2) is 9.97 Å². The van der Waals surface area contributed by atoms with Crippen molar-refractivity contribution in [2.45, 2.75) is 39.8 Å². The van der Waals surface area contributed by atoms with Crippen molar-refractivity contribution in [2.24, 2.45) is 0 Å². The SMILES string of the molecule is CCCOCCC(=O)N1CCn2c(nc3c(C)c(Cl)cnc32)C1. The molecule has 0 atom stereocenters. The van der Waals surface area contributed by atoms with Crippen LogP contribution in [0, 0.1) is 6.92 Å². The van der Waals surface area contributed by atoms with Gasteiger partial charge in [-0.15, -0.1) is 0 Å². The number of hydrogen-bond donors (Lipinski definition) is 0. The summed E-state index contributed by atoms with van der Waals surface area (Å²) in [4.78, 5) is 23.2. The molecule has 1 aliphatic rings. The first kappa shape index (κ1) is 16.2. The van der Waals surface area contributed by atoms with Gasteiger partial charge in [0, 0.05) is 25.9 Å². The Hall–Kier alpha value is -1.66. The number of nitrogens with zero attached hydrogens (tertiary/aromatic N) is 4. The summed E-state index contributed by atoms with van der Waals surface area (Å²) >= 11 is 6.12. The van der Waals surface area contributed by atoms with Crippen LogP contribution in [-0.2, 0) is 22.6 Å². The third kappa shape index (κ3) is 3.19. The molecule has 0 fully saturated rings. The maximum atomic E-state index is 12.3. The molecule has 0 aromatic carbocycles. The number of aromatic nitrogens is 3. The zero-order valence-corrected chi connectivity index (χ0v) is 14.3. The summed E-state index contributed by atoms with van der Waals surface area (Å²) < 4.78 is 7.48. The Bertz CT molecular complexity index is 728. The summed E-state index contributed by atoms with van der Waals surface area (Å²) in [5, 5.41) is 0.619. The van der Waals surface area contributed by atoms with E-state index in [0.29, 0.717) is 44.3 Å². The average molecular weight is 337 g/mol. The Balaban J connectivity index is 1.73. The van der Waals surface area contributed by atoms with Crippen LogP contribution in [0.3, 0.4) is 0 Å². The molecule has 0 unspecified atom stereocenters. The van der Waals surface area contributed by atoms with Gasteiger partial charge in [-0.2, -0.15) is 0 Å². The highest BCUT2D eigenvalue weighted by Crippen LogP contribution is 2.26. The van der Waals surface area contributed by atoms with Gasteiger partial charge in [0.2, 0.25) is 5.91 Å². The molecule has 1 aliphatic heterocycles. The predicted molar refractivity (Wildman–Crippen MR) is 88.4 cm³/mol. The number of carbonyl (C=O) groups excluding carboxylic acids is 1. The fourth-order valence-corrected chi connectivity index (χ4v) is 2.94. The number of rotatable bonds is 5. The van der Waals surface area contributed by atoms with Crippen LogP contribution in [0.5, 0.6) is 0 Å². The van der Waals surface area contributed by atoms with Crippen LogP contribution >= 0.6 is 11.6 Å². The van der Waals surface area contributed by atoms with Crippen molar-refractivity contribution in [2.75, 3.05) is 19.8 Å². The molecule has 0 N–H and O–H groups in total. The summed E-state index contributed by atoms with van der Waals surface area (Å²) in [5.41, 5.74) is 2.61. The van der Waals surface area contributed by atoms with Crippen molar-refractivity contribution < 1.29 is 9.53 Å². The molecule has 3 heterocycles. The van der Waals surface area contributed by atoms with Gasteiger partial charge in [0.05, 0.1) is 24.6 Å². The lowest BCUT2D eigenvalue weighted by Crippen LogP contribution is -2.38. The zero-order chi connectivity index (χ0) is 16.4. The van der Waals surface area contributed by atoms with Crippen LogP contribution in [0.25, 0.3) is 11.2 Å². The van der Waals surface area contributed by atoms with E-state index in [1.54, 1.807) is 6.20 Å². The second kappa shape index (κ2) is 6.84. The van der Waals surface area contributed by atoms with Gasteiger partial charge in [-0.3, -0.25) is 4.79 Å². The van der Waals surface area contributed by atoms with E-state index >= 15 is 0 Å². The average Bonchev–Trinajstić information content (AvgIpc) is 2.93. The van der Waals surface area contributed by atoms with Gasteiger partial charge in [0.25, 0.3) is 0 Å². The van der Waals surface area contributed by atoms with Crippen molar-refractivity contribution in [3.63, 3.8) is 0 Å². The van der Waals surface area contributed by atoms with Gasteiger partial charge in [0.1, 0.15) is 11.3 Å². The van der Waals surface area contributed by atoms with Gasteiger partial charge >= 0.3 is 0 Å². The lowest BCUT2D eigenvalue weighted by atomic mass is 10.3. The van der Waals surface area contributed by atoms with E-state index in [9.17, 15) is 4.79 Å². The molecule has 6 nitrogen and oxygen atoms in total. The van der Waals surface area contributed by atoms with Crippen LogP contribution in [0.1, 0.15) is 31.2 Å². The molecule has 0 spiro atoms. The molecule has 0 aliphatic carbocycles. The van der Waals surface area contributed by atoms with E-state index in [2.05, 4.69) is 21.5 Å². The normalized spacial score (nSPS) is 14.3. The van der Waals surface area contributed by atoms with Gasteiger partial charge in [0.15, 0.2) is 5.65 Å². The smallest absolute Gasteiger partial charge is 0.225 e. The Morgan fingerprint density at radius 1 is 1.39 bits per heavy atom. The second-order valence-electron chi connectivity index (χ2n) is 5.76. The van der Waals surface area contributed by atoms with Crippen molar-refractivity contribution in [3.8, 4) is 0 Å². The summed E-state index contributed by atoms with van der Waals surface area (Å²) in [5.74, 6) is 0.981. The highest BCUT2D eigenvalue weighted by Gasteiger charge is 2.24. The summed E-state index contributed by atoms with van der Waals surface area (Å²) in [6.07, 6.45) is 3.05. The molecule has 23 heavy (non-hydrogen) atoms.